The van der Waals surface area contributed by atoms with E-state index in [1.165, 1.54) is 146 Å². The molecule has 0 spiro atoms. The van der Waals surface area contributed by atoms with Crippen LogP contribution < -0.4 is 38.9 Å². The fraction of sp³-hybridized carbons (Fsp3) is 0.221. The van der Waals surface area contributed by atoms with E-state index in [9.17, 15) is 33.6 Å². The Morgan fingerprint density at radius 1 is 0.384 bits per heavy atom. The van der Waals surface area contributed by atoms with Crippen LogP contribution in [0, 0.1) is 62.3 Å². The van der Waals surface area contributed by atoms with Crippen LogP contribution in [0.2, 0.25) is 19.7 Å². The Labute approximate surface area is 779 Å². The first kappa shape index (κ1) is 94.6. The van der Waals surface area contributed by atoms with E-state index in [1.54, 1.807) is 112 Å². The van der Waals surface area contributed by atoms with Gasteiger partial charge in [0.25, 0.3) is 38.9 Å². The van der Waals surface area contributed by atoms with E-state index in [1.807, 2.05) is 78.1 Å². The van der Waals surface area contributed by atoms with Crippen LogP contribution in [0.4, 0.5) is 0 Å². The van der Waals surface area contributed by atoms with Crippen molar-refractivity contribution in [3.63, 3.8) is 0 Å². The lowest BCUT2D eigenvalue weighted by molar-refractivity contribution is 0.736. The average molecular weight is 1990 g/mol. The summed E-state index contributed by atoms with van der Waals surface area (Å²) in [6.45, 7) is 16.8. The molecule has 17 aromatic heterocycles. The summed E-state index contributed by atoms with van der Waals surface area (Å²) < 4.78 is 8.02. The van der Waals surface area contributed by atoms with Crippen LogP contribution in [0.3, 0.4) is 0 Å². The molecule has 18 aromatic rings. The van der Waals surface area contributed by atoms with E-state index in [0.29, 0.717) is 107 Å². The van der Waals surface area contributed by atoms with Crippen LogP contribution in [0.5, 0.6) is 0 Å². The van der Waals surface area contributed by atoms with Gasteiger partial charge in [-0.15, -0.1) is 39.1 Å². The van der Waals surface area contributed by atoms with Crippen molar-refractivity contribution in [2.24, 2.45) is 7.05 Å². The second kappa shape index (κ2) is 45.3. The van der Waals surface area contributed by atoms with Gasteiger partial charge in [-0.3, -0.25) is 46.8 Å². The summed E-state index contributed by atoms with van der Waals surface area (Å²) in [7, 11) is 1.82. The molecular weight excluding hydrogens is 1910 g/mol. The fourth-order valence-corrected chi connectivity index (χ4v) is 22.4. The van der Waals surface area contributed by atoms with Crippen molar-refractivity contribution in [3.05, 3.63) is 306 Å². The molecule has 0 saturated carbocycles. The van der Waals surface area contributed by atoms with E-state index in [4.69, 9.17) is 46.4 Å². The maximum absolute atomic E-state index is 11.4. The Hall–Kier alpha value is -9.49. The number of halogens is 4. The zero-order valence-corrected chi connectivity index (χ0v) is 80.3. The van der Waals surface area contributed by atoms with Crippen molar-refractivity contribution in [2.45, 2.75) is 139 Å². The number of rotatable bonds is 21. The summed E-state index contributed by atoms with van der Waals surface area (Å²) in [5.41, 5.74) is 17.2. The molecule has 0 unspecified atom stereocenters. The van der Waals surface area contributed by atoms with Gasteiger partial charge in [0.05, 0.1) is 40.0 Å². The lowest BCUT2D eigenvalue weighted by atomic mass is 10.2. The Bertz CT molecular complexity index is 6820. The number of aryl methyl sites for hydroxylation is 10. The molecular formula is C77H73Cl4N25O7S12. The molecule has 8 N–H and O–H groups in total. The molecule has 0 fully saturated rings. The van der Waals surface area contributed by atoms with Gasteiger partial charge in [0.1, 0.15) is 20.2 Å². The highest BCUT2D eigenvalue weighted by atomic mass is 35.5. The molecule has 1 aromatic carbocycles. The molecule has 32 nitrogen and oxygen atoms in total. The van der Waals surface area contributed by atoms with Crippen LogP contribution in [0.25, 0.3) is 26.7 Å². The molecule has 0 amide bonds. The molecule has 48 heteroatoms. The number of thioether (sulfide) groups is 7. The zero-order chi connectivity index (χ0) is 89.0. The van der Waals surface area contributed by atoms with E-state index in [2.05, 4.69) is 140 Å². The maximum atomic E-state index is 11.4. The Balaban J connectivity index is 0.000000133. The highest BCUT2D eigenvalue weighted by Gasteiger charge is 2.17. The molecule has 0 bridgehead atoms. The minimum absolute atomic E-state index is 0.0861. The number of imidazole rings is 4. The van der Waals surface area contributed by atoms with Gasteiger partial charge < -0.3 is 39.9 Å². The highest BCUT2D eigenvalue weighted by molar-refractivity contribution is 7.99. The molecule has 125 heavy (non-hydrogen) atoms. The van der Waals surface area contributed by atoms with E-state index < -0.39 is 0 Å². The molecule has 18 rings (SSSR count). The number of benzene rings is 1. The molecule has 0 aliphatic carbocycles. The largest absolute Gasteiger partial charge is 0.325 e. The van der Waals surface area contributed by atoms with Gasteiger partial charge in [-0.05, 0) is 124 Å². The zero-order valence-electron chi connectivity index (χ0n) is 67.4. The van der Waals surface area contributed by atoms with Crippen molar-refractivity contribution in [2.75, 3.05) is 0 Å². The molecule has 0 aliphatic heterocycles. The van der Waals surface area contributed by atoms with Crippen molar-refractivity contribution in [1.82, 2.24) is 123 Å². The summed E-state index contributed by atoms with van der Waals surface area (Å²) in [5, 5.41) is 26.7. The van der Waals surface area contributed by atoms with Crippen molar-refractivity contribution in [1.29, 1.82) is 0 Å². The minimum Gasteiger partial charge on any atom is -0.325 e. The Morgan fingerprint density at radius 2 is 0.792 bits per heavy atom. The molecule has 648 valence electrons. The Kier molecular flexibility index (Phi) is 34.3. The van der Waals surface area contributed by atoms with E-state index in [-0.39, 0.29) is 38.9 Å². The van der Waals surface area contributed by atoms with E-state index in [0.717, 1.165) is 83.6 Å². The summed E-state index contributed by atoms with van der Waals surface area (Å²) in [6.07, 6.45) is 9.20. The summed E-state index contributed by atoms with van der Waals surface area (Å²) in [6, 6.07) is 14.1. The standard InChI is InChI=1S/C13H12ClN5OS.C11H10ClN5OS.C11H9ClN4OS2.C11H10N4OS2.2C11H12N2OS2.C9H8ClN3OS2/c1-7-3-12(20)16-13(15-7)21-6-8-4-10-11(5-9(8)14)19(2)18-17-10;1-6-4-8(18)16-11(14-6)19-5-7-9(12)17-3-2-13-10(17)15-7;1-6-4-8(17)15-10(13-6)19-5-7-9(12)16-2-3-18-11(16)14-7;1-7-4-9(16)14-10(13-7)18-6-8-5-12-11-15(8)2-3-17-11;2*1-7-4-15-5-9(7)6-16-11-12-8(2)3-10(14)13-11;1-5-2-7(14)13-9(12-5)15-3-6-8(10)16-4-11-6/h3-5H,6H2,1-2H3,(H,15,16,20);2-4H,5H2,1H3,(H,13,15)(H,14,16,18);2-4H,5H2,1H3,(H,13,15,17);2-5H,6H2,1H3,(H,13,14,16);2*3-5H,6H2,1-2H3,(H,12,13,14);2,4H,3H2,1H3,(H,12,13,14). The molecule has 0 atom stereocenters. The summed E-state index contributed by atoms with van der Waals surface area (Å²) in [5.74, 6) is 5.47. The number of hydrogen-bond acceptors (Lipinski definition) is 32. The van der Waals surface area contributed by atoms with Gasteiger partial charge in [-0.25, -0.2) is 59.5 Å². The van der Waals surface area contributed by atoms with Gasteiger partial charge in [-0.2, -0.15) is 22.7 Å². The highest BCUT2D eigenvalue weighted by Crippen LogP contribution is 2.33. The lowest BCUT2D eigenvalue weighted by Gasteiger charge is -2.05. The molecule has 0 radical (unpaired) electrons. The summed E-state index contributed by atoms with van der Waals surface area (Å²) in [4.78, 5) is 150. The first-order valence-electron chi connectivity index (χ1n) is 36.7. The van der Waals surface area contributed by atoms with Gasteiger partial charge >= 0.3 is 0 Å². The number of nitrogens with one attached hydrogen (secondary N) is 8. The number of fused-ring (bicyclic) bond motifs is 4. The predicted molar refractivity (Wildman–Crippen MR) is 509 cm³/mol. The van der Waals surface area contributed by atoms with Gasteiger partial charge in [0, 0.05) is 170 Å². The first-order valence-corrected chi connectivity index (χ1v) is 49.6. The molecule has 17 heterocycles. The van der Waals surface area contributed by atoms with Gasteiger partial charge in [-0.1, -0.05) is 134 Å². The van der Waals surface area contributed by atoms with Crippen molar-refractivity contribution in [3.8, 4) is 0 Å². The second-order valence-electron chi connectivity index (χ2n) is 26.5. The number of hydrogen-bond donors (Lipinski definition) is 8. The number of H-pyrrole nitrogens is 8. The fourth-order valence-electron chi connectivity index (χ4n) is 10.7. The predicted octanol–water partition coefficient (Wildman–Crippen LogP) is 17.1. The topological polar surface area (TPSA) is 432 Å². The van der Waals surface area contributed by atoms with Crippen LogP contribution in [-0.2, 0) is 47.3 Å². The number of aromatic nitrogens is 25. The third kappa shape index (κ3) is 28.0. The molecule has 0 aliphatic rings. The van der Waals surface area contributed by atoms with Gasteiger partial charge in [0.2, 0.25) is 5.78 Å². The minimum atomic E-state index is -0.152. The second-order valence-corrected chi connectivity index (χ2v) is 39.0. The number of aromatic amines is 8. The summed E-state index contributed by atoms with van der Waals surface area (Å²) >= 11 is 42.9. The van der Waals surface area contributed by atoms with Crippen LogP contribution in [0.1, 0.15) is 90.5 Å². The van der Waals surface area contributed by atoms with Crippen molar-refractivity contribution >= 4 is 212 Å². The number of thiophene rings is 2. The average Bonchev–Trinajstić information content (AvgIpc) is 1.68. The SMILES string of the molecule is Cc1cc(=O)[nH]c(SCc2[nH]c3nccn3c2Cl)n1.Cc1cc(=O)[nH]c(SCc2cc3nnn(C)c3cc2Cl)n1.Cc1cc(=O)[nH]c(SCc2cnc3sccn23)n1.Cc1cc(=O)[nH]c(SCc2cscc2C)n1.Cc1cc(=O)[nH]c(SCc2cscc2C)n1.Cc1cc(=O)[nH]c(SCc2nc3sccn3c2Cl)n1.Cc1cc(=O)[nH]c(SCc2ncsc2Cl)n1. The van der Waals surface area contributed by atoms with Crippen LogP contribution in [0.15, 0.2) is 193 Å². The molecule has 0 saturated heterocycles. The first-order chi connectivity index (χ1) is 60.0. The van der Waals surface area contributed by atoms with Crippen molar-refractivity contribution < 1.29 is 0 Å². The number of thiazole rings is 3. The third-order valence-electron chi connectivity index (χ3n) is 16.6. The third-order valence-corrected chi connectivity index (χ3v) is 28.6. The number of nitrogens with zero attached hydrogens (tertiary/aromatic N) is 17. The monoisotopic (exact) mass is 1980 g/mol. The van der Waals surface area contributed by atoms with Crippen LogP contribution in [-0.4, -0.2) is 123 Å². The lowest BCUT2D eigenvalue weighted by Crippen LogP contribution is -2.08. The van der Waals surface area contributed by atoms with Gasteiger partial charge in [0.15, 0.2) is 46.0 Å². The smallest absolute Gasteiger partial charge is 0.251 e. The maximum Gasteiger partial charge on any atom is 0.251 e. The normalized spacial score (nSPS) is 11.0. The van der Waals surface area contributed by atoms with Crippen LogP contribution >= 0.6 is 185 Å². The quantitative estimate of drug-likeness (QED) is 0.0245. The Morgan fingerprint density at radius 3 is 1.20 bits per heavy atom. The van der Waals surface area contributed by atoms with E-state index >= 15 is 0 Å².